The molecule has 11 heteroatoms. The number of carbonyl (C=O) groups is 1. The van der Waals surface area contributed by atoms with Crippen molar-refractivity contribution in [2.45, 2.75) is 0 Å². The Morgan fingerprint density at radius 1 is 1.03 bits per heavy atom. The first kappa shape index (κ1) is 21.6. The van der Waals surface area contributed by atoms with Gasteiger partial charge < -0.3 is 24.0 Å². The van der Waals surface area contributed by atoms with Crippen LogP contribution < -0.4 is 19.1 Å². The van der Waals surface area contributed by atoms with Crippen LogP contribution in [0.1, 0.15) is 10.4 Å². The maximum atomic E-state index is 13.1. The number of hydrogen-bond donors (Lipinski definition) is 0. The molecule has 0 spiro atoms. The molecule has 2 aromatic carbocycles. The van der Waals surface area contributed by atoms with Gasteiger partial charge in [0.1, 0.15) is 11.3 Å². The topological polar surface area (TPSA) is 107 Å². The van der Waals surface area contributed by atoms with Crippen molar-refractivity contribution in [2.24, 2.45) is 0 Å². The average Bonchev–Trinajstić information content (AvgIpc) is 3.26. The zero-order valence-corrected chi connectivity index (χ0v) is 18.7. The van der Waals surface area contributed by atoms with Gasteiger partial charge in [-0.3, -0.25) is 14.9 Å². The lowest BCUT2D eigenvalue weighted by molar-refractivity contribution is -0.385. The smallest absolute Gasteiger partial charge is 0.286 e. The van der Waals surface area contributed by atoms with E-state index < -0.39 is 10.8 Å². The van der Waals surface area contributed by atoms with E-state index in [2.05, 4.69) is 9.88 Å². The van der Waals surface area contributed by atoms with Gasteiger partial charge in [-0.25, -0.2) is 4.98 Å². The molecule has 1 aromatic heterocycles. The minimum Gasteiger partial charge on any atom is -0.497 e. The summed E-state index contributed by atoms with van der Waals surface area (Å²) >= 11 is 1.57. The normalized spacial score (nSPS) is 13.8. The number of carbonyl (C=O) groups excluding carboxylic acids is 1. The number of piperazine rings is 1. The second kappa shape index (κ2) is 8.87. The van der Waals surface area contributed by atoms with Crippen molar-refractivity contribution in [3.05, 3.63) is 46.0 Å². The molecule has 1 aliphatic heterocycles. The Labute approximate surface area is 188 Å². The number of fused-ring (bicyclic) bond motifs is 1. The quantitative estimate of drug-likeness (QED) is 0.409. The maximum Gasteiger partial charge on any atom is 0.286 e. The number of rotatable bonds is 6. The Hall–Kier alpha value is -3.60. The second-order valence-corrected chi connectivity index (χ2v) is 8.10. The average molecular weight is 458 g/mol. The number of methoxy groups -OCH3 is 3. The molecular weight excluding hydrogens is 436 g/mol. The van der Waals surface area contributed by atoms with E-state index >= 15 is 0 Å². The number of aromatic nitrogens is 1. The summed E-state index contributed by atoms with van der Waals surface area (Å²) in [6.07, 6.45) is 0. The van der Waals surface area contributed by atoms with Crippen molar-refractivity contribution in [1.29, 1.82) is 0 Å². The molecule has 168 valence electrons. The zero-order chi connectivity index (χ0) is 22.8. The molecule has 0 bridgehead atoms. The molecule has 10 nitrogen and oxygen atoms in total. The van der Waals surface area contributed by atoms with Crippen LogP contribution in [0.25, 0.3) is 10.2 Å². The SMILES string of the molecule is COc1ccc2nc(N3CCN(C(=O)c4cc(OC)c(OC)cc4[N+](=O)[O-])CC3)sc2c1. The first-order valence-electron chi connectivity index (χ1n) is 9.84. The summed E-state index contributed by atoms with van der Waals surface area (Å²) in [6, 6.07) is 8.33. The van der Waals surface area contributed by atoms with Crippen molar-refractivity contribution < 1.29 is 23.9 Å². The highest BCUT2D eigenvalue weighted by Gasteiger charge is 2.30. The summed E-state index contributed by atoms with van der Waals surface area (Å²) in [6.45, 7) is 1.99. The van der Waals surface area contributed by atoms with Crippen molar-refractivity contribution in [3.8, 4) is 17.2 Å². The Bertz CT molecular complexity index is 1170. The van der Waals surface area contributed by atoms with Crippen molar-refractivity contribution in [3.63, 3.8) is 0 Å². The molecule has 1 aliphatic rings. The molecule has 0 unspecified atom stereocenters. The van der Waals surface area contributed by atoms with Crippen LogP contribution in [-0.2, 0) is 0 Å². The minimum absolute atomic E-state index is 0.0202. The maximum absolute atomic E-state index is 13.1. The Balaban J connectivity index is 1.52. The van der Waals surface area contributed by atoms with Gasteiger partial charge in [-0.2, -0.15) is 0 Å². The van der Waals surface area contributed by atoms with Gasteiger partial charge in [-0.1, -0.05) is 11.3 Å². The van der Waals surface area contributed by atoms with Gasteiger partial charge in [0, 0.05) is 32.2 Å². The van der Waals surface area contributed by atoms with E-state index in [0.29, 0.717) is 26.2 Å². The molecule has 32 heavy (non-hydrogen) atoms. The summed E-state index contributed by atoms with van der Waals surface area (Å²) in [5.41, 5.74) is 0.564. The minimum atomic E-state index is -0.582. The number of thiazole rings is 1. The van der Waals surface area contributed by atoms with E-state index in [1.165, 1.54) is 26.4 Å². The summed E-state index contributed by atoms with van der Waals surface area (Å²) in [5.74, 6) is 0.837. The summed E-state index contributed by atoms with van der Waals surface area (Å²) < 4.78 is 16.7. The van der Waals surface area contributed by atoms with Gasteiger partial charge in [-0.15, -0.1) is 0 Å². The Kier molecular flexibility index (Phi) is 5.99. The first-order chi connectivity index (χ1) is 15.4. The van der Waals surface area contributed by atoms with Crippen LogP contribution in [-0.4, -0.2) is 68.2 Å². The highest BCUT2D eigenvalue weighted by atomic mass is 32.1. The predicted molar refractivity (Wildman–Crippen MR) is 120 cm³/mol. The Morgan fingerprint density at radius 3 is 2.34 bits per heavy atom. The molecule has 2 heterocycles. The second-order valence-electron chi connectivity index (χ2n) is 7.09. The fourth-order valence-corrected chi connectivity index (χ4v) is 4.66. The standard InChI is InChI=1S/C21H22N4O6S/c1-29-13-4-5-15-19(10-13)32-21(22-15)24-8-6-23(7-9-24)20(26)14-11-17(30-2)18(31-3)12-16(14)25(27)28/h4-5,10-12H,6-9H2,1-3H3. The number of benzene rings is 2. The first-order valence-corrected chi connectivity index (χ1v) is 10.7. The van der Waals surface area contributed by atoms with Crippen LogP contribution >= 0.6 is 11.3 Å². The Morgan fingerprint density at radius 2 is 1.72 bits per heavy atom. The monoisotopic (exact) mass is 458 g/mol. The van der Waals surface area contributed by atoms with Crippen LogP contribution in [0.2, 0.25) is 0 Å². The number of nitro benzene ring substituents is 1. The fraction of sp³-hybridized carbons (Fsp3) is 0.333. The highest BCUT2D eigenvalue weighted by molar-refractivity contribution is 7.22. The number of hydrogen-bond acceptors (Lipinski definition) is 9. The molecule has 1 amide bonds. The van der Waals surface area contributed by atoms with Gasteiger partial charge in [0.25, 0.3) is 11.6 Å². The van der Waals surface area contributed by atoms with E-state index in [9.17, 15) is 14.9 Å². The van der Waals surface area contributed by atoms with Gasteiger partial charge in [0.05, 0.1) is 42.5 Å². The number of amides is 1. The van der Waals surface area contributed by atoms with Crippen LogP contribution in [0.4, 0.5) is 10.8 Å². The van der Waals surface area contributed by atoms with Crippen LogP contribution in [0, 0.1) is 10.1 Å². The molecule has 0 N–H and O–H groups in total. The third-order valence-electron chi connectivity index (χ3n) is 5.35. The number of anilines is 1. The number of nitrogens with zero attached hydrogens (tertiary/aromatic N) is 4. The molecule has 0 saturated carbocycles. The van der Waals surface area contributed by atoms with Crippen LogP contribution in [0.5, 0.6) is 17.2 Å². The highest BCUT2D eigenvalue weighted by Crippen LogP contribution is 2.36. The van der Waals surface area contributed by atoms with E-state index in [4.69, 9.17) is 14.2 Å². The lowest BCUT2D eigenvalue weighted by Crippen LogP contribution is -2.48. The molecule has 1 saturated heterocycles. The lowest BCUT2D eigenvalue weighted by Gasteiger charge is -2.34. The van der Waals surface area contributed by atoms with E-state index in [1.54, 1.807) is 23.3 Å². The van der Waals surface area contributed by atoms with Crippen LogP contribution in [0.3, 0.4) is 0 Å². The molecular formula is C21H22N4O6S. The zero-order valence-electron chi connectivity index (χ0n) is 17.9. The third kappa shape index (κ3) is 3.98. The summed E-state index contributed by atoms with van der Waals surface area (Å²) in [4.78, 5) is 32.5. The molecule has 1 fully saturated rings. The molecule has 0 aliphatic carbocycles. The molecule has 3 aromatic rings. The molecule has 0 atom stereocenters. The van der Waals surface area contributed by atoms with Gasteiger partial charge >= 0.3 is 0 Å². The molecule has 0 radical (unpaired) electrons. The van der Waals surface area contributed by atoms with Gasteiger partial charge in [0.15, 0.2) is 16.6 Å². The van der Waals surface area contributed by atoms with Crippen molar-refractivity contribution >= 4 is 38.3 Å². The van der Waals surface area contributed by atoms with Crippen molar-refractivity contribution in [1.82, 2.24) is 9.88 Å². The van der Waals surface area contributed by atoms with Crippen molar-refractivity contribution in [2.75, 3.05) is 52.4 Å². The molecule has 4 rings (SSSR count). The number of ether oxygens (including phenoxy) is 3. The van der Waals surface area contributed by atoms with Gasteiger partial charge in [-0.05, 0) is 18.2 Å². The lowest BCUT2D eigenvalue weighted by atomic mass is 10.1. The van der Waals surface area contributed by atoms with Crippen LogP contribution in [0.15, 0.2) is 30.3 Å². The van der Waals surface area contributed by atoms with E-state index in [1.807, 2.05) is 18.2 Å². The summed E-state index contributed by atoms with van der Waals surface area (Å²) in [5, 5.41) is 12.4. The van der Waals surface area contributed by atoms with E-state index in [0.717, 1.165) is 21.1 Å². The fourth-order valence-electron chi connectivity index (χ4n) is 3.62. The summed E-state index contributed by atoms with van der Waals surface area (Å²) in [7, 11) is 4.44. The van der Waals surface area contributed by atoms with Gasteiger partial charge in [0.2, 0.25) is 0 Å². The largest absolute Gasteiger partial charge is 0.497 e. The third-order valence-corrected chi connectivity index (χ3v) is 6.43. The predicted octanol–water partition coefficient (Wildman–Crippen LogP) is 3.19. The number of nitro groups is 1. The van der Waals surface area contributed by atoms with E-state index in [-0.39, 0.29) is 22.7 Å².